The lowest BCUT2D eigenvalue weighted by Crippen LogP contribution is -2.39. The quantitative estimate of drug-likeness (QED) is 0.456. The second-order valence-electron chi connectivity index (χ2n) is 7.92. The number of para-hydroxylation sites is 1. The number of morpholine rings is 1. The van der Waals surface area contributed by atoms with Crippen LogP contribution in [0.1, 0.15) is 25.3 Å². The Labute approximate surface area is 193 Å². The van der Waals surface area contributed by atoms with Gasteiger partial charge in [-0.15, -0.1) is 0 Å². The normalized spacial score (nSPS) is 14.5. The number of fused-ring (bicyclic) bond motifs is 1. The Hall–Kier alpha value is -2.48. The van der Waals surface area contributed by atoms with Crippen molar-refractivity contribution < 1.29 is 14.3 Å². The Morgan fingerprint density at radius 2 is 2.00 bits per heavy atom. The van der Waals surface area contributed by atoms with Crippen LogP contribution < -0.4 is 9.64 Å². The first-order valence-electron chi connectivity index (χ1n) is 11.4. The van der Waals surface area contributed by atoms with E-state index in [2.05, 4.69) is 30.0 Å². The molecular formula is C25H31N3O3S. The van der Waals surface area contributed by atoms with Crippen molar-refractivity contribution in [1.29, 1.82) is 0 Å². The lowest BCUT2D eigenvalue weighted by atomic mass is 10.2. The average molecular weight is 454 g/mol. The molecule has 2 heterocycles. The number of hydrogen-bond donors (Lipinski definition) is 0. The van der Waals surface area contributed by atoms with Crippen molar-refractivity contribution in [2.75, 3.05) is 50.9 Å². The Kier molecular flexibility index (Phi) is 8.09. The number of anilines is 1. The smallest absolute Gasteiger partial charge is 0.232 e. The summed E-state index contributed by atoms with van der Waals surface area (Å²) in [5, 5.41) is 0.778. The molecule has 6 nitrogen and oxygen atoms in total. The van der Waals surface area contributed by atoms with Crippen molar-refractivity contribution >= 4 is 32.6 Å². The summed E-state index contributed by atoms with van der Waals surface area (Å²) in [7, 11) is 0. The van der Waals surface area contributed by atoms with Gasteiger partial charge in [-0.3, -0.25) is 14.6 Å². The third-order valence-corrected chi connectivity index (χ3v) is 6.71. The molecular weight excluding hydrogens is 422 g/mol. The van der Waals surface area contributed by atoms with Gasteiger partial charge in [-0.25, -0.2) is 4.98 Å². The van der Waals surface area contributed by atoms with Crippen molar-refractivity contribution in [1.82, 2.24) is 9.88 Å². The molecule has 0 spiro atoms. The van der Waals surface area contributed by atoms with Gasteiger partial charge >= 0.3 is 0 Å². The molecule has 170 valence electrons. The van der Waals surface area contributed by atoms with Crippen molar-refractivity contribution in [3.63, 3.8) is 0 Å². The van der Waals surface area contributed by atoms with Crippen LogP contribution in [0.3, 0.4) is 0 Å². The van der Waals surface area contributed by atoms with Gasteiger partial charge in [0, 0.05) is 26.2 Å². The molecule has 1 aliphatic rings. The van der Waals surface area contributed by atoms with Gasteiger partial charge in [0.1, 0.15) is 5.75 Å². The van der Waals surface area contributed by atoms with Gasteiger partial charge in [0.05, 0.1) is 36.5 Å². The molecule has 0 atom stereocenters. The molecule has 32 heavy (non-hydrogen) atoms. The summed E-state index contributed by atoms with van der Waals surface area (Å²) in [6.45, 7) is 7.61. The molecule has 7 heteroatoms. The zero-order valence-corrected chi connectivity index (χ0v) is 19.5. The Bertz CT molecular complexity index is 1000. The molecule has 0 aliphatic carbocycles. The van der Waals surface area contributed by atoms with Gasteiger partial charge in [-0.2, -0.15) is 0 Å². The molecule has 0 saturated carbocycles. The average Bonchev–Trinajstić information content (AvgIpc) is 3.26. The summed E-state index contributed by atoms with van der Waals surface area (Å²) < 4.78 is 12.3. The fourth-order valence-corrected chi connectivity index (χ4v) is 4.88. The van der Waals surface area contributed by atoms with Crippen LogP contribution >= 0.6 is 11.3 Å². The van der Waals surface area contributed by atoms with E-state index in [0.29, 0.717) is 19.6 Å². The highest BCUT2D eigenvalue weighted by Crippen LogP contribution is 2.30. The number of benzene rings is 2. The summed E-state index contributed by atoms with van der Waals surface area (Å²) in [5.74, 6) is 0.837. The number of ether oxygens (including phenoxy) is 2. The number of rotatable bonds is 10. The summed E-state index contributed by atoms with van der Waals surface area (Å²) in [5.41, 5.74) is 2.24. The molecule has 0 unspecified atom stereocenters. The van der Waals surface area contributed by atoms with Crippen molar-refractivity contribution in [3.05, 3.63) is 54.1 Å². The number of amides is 1. The van der Waals surface area contributed by atoms with E-state index in [1.807, 2.05) is 35.2 Å². The number of hydrogen-bond acceptors (Lipinski definition) is 6. The van der Waals surface area contributed by atoms with Gasteiger partial charge < -0.3 is 9.47 Å². The van der Waals surface area contributed by atoms with Crippen LogP contribution in [0.15, 0.2) is 48.5 Å². The molecule has 0 bridgehead atoms. The lowest BCUT2D eigenvalue weighted by molar-refractivity contribution is -0.119. The van der Waals surface area contributed by atoms with Crippen molar-refractivity contribution in [2.24, 2.45) is 0 Å². The first-order chi connectivity index (χ1) is 15.7. The Balaban J connectivity index is 1.43. The molecule has 4 rings (SSSR count). The summed E-state index contributed by atoms with van der Waals surface area (Å²) in [6.07, 6.45) is 2.21. The second-order valence-corrected chi connectivity index (χ2v) is 8.93. The molecule has 1 aliphatic heterocycles. The molecule has 1 saturated heterocycles. The van der Waals surface area contributed by atoms with E-state index in [1.54, 1.807) is 11.3 Å². The standard InChI is InChI=1S/C25H31N3O3S/c1-2-20-9-10-22-23(19-20)32-25(26-22)28(13-6-12-27-14-17-30-18-15-27)24(29)11-16-31-21-7-4-3-5-8-21/h3-5,7-10,19H,2,6,11-18H2,1H3. The third-order valence-electron chi connectivity index (χ3n) is 5.67. The van der Waals surface area contributed by atoms with Crippen LogP contribution in [0.5, 0.6) is 5.75 Å². The zero-order valence-electron chi connectivity index (χ0n) is 18.7. The Morgan fingerprint density at radius 1 is 1.19 bits per heavy atom. The zero-order chi connectivity index (χ0) is 22.2. The minimum absolute atomic E-state index is 0.0534. The minimum Gasteiger partial charge on any atom is -0.493 e. The Morgan fingerprint density at radius 3 is 2.78 bits per heavy atom. The number of carbonyl (C=O) groups excluding carboxylic acids is 1. The fraction of sp³-hybridized carbons (Fsp3) is 0.440. The molecule has 1 fully saturated rings. The van der Waals surface area contributed by atoms with Crippen LogP contribution in [-0.4, -0.2) is 61.8 Å². The topological polar surface area (TPSA) is 54.9 Å². The van der Waals surface area contributed by atoms with E-state index in [0.717, 1.165) is 66.8 Å². The molecule has 2 aromatic carbocycles. The highest BCUT2D eigenvalue weighted by Gasteiger charge is 2.20. The number of aromatic nitrogens is 1. The summed E-state index contributed by atoms with van der Waals surface area (Å²) >= 11 is 1.60. The van der Waals surface area contributed by atoms with E-state index < -0.39 is 0 Å². The van der Waals surface area contributed by atoms with Gasteiger partial charge in [0.15, 0.2) is 5.13 Å². The summed E-state index contributed by atoms with van der Waals surface area (Å²) in [6, 6.07) is 16.0. The monoisotopic (exact) mass is 453 g/mol. The molecule has 0 radical (unpaired) electrons. The largest absolute Gasteiger partial charge is 0.493 e. The highest BCUT2D eigenvalue weighted by molar-refractivity contribution is 7.22. The molecule has 1 aromatic heterocycles. The van der Waals surface area contributed by atoms with E-state index >= 15 is 0 Å². The van der Waals surface area contributed by atoms with Gasteiger partial charge in [0.2, 0.25) is 5.91 Å². The number of aryl methyl sites for hydroxylation is 1. The van der Waals surface area contributed by atoms with Crippen LogP contribution in [0, 0.1) is 0 Å². The lowest BCUT2D eigenvalue weighted by Gasteiger charge is -2.27. The maximum absolute atomic E-state index is 13.2. The first-order valence-corrected chi connectivity index (χ1v) is 12.2. The van der Waals surface area contributed by atoms with Gasteiger partial charge in [-0.1, -0.05) is 42.5 Å². The van der Waals surface area contributed by atoms with Crippen molar-refractivity contribution in [3.8, 4) is 5.75 Å². The predicted octanol–water partition coefficient (Wildman–Crippen LogP) is 4.38. The number of thiazole rings is 1. The van der Waals surface area contributed by atoms with E-state index in [9.17, 15) is 4.79 Å². The molecule has 3 aromatic rings. The summed E-state index contributed by atoms with van der Waals surface area (Å²) in [4.78, 5) is 22.2. The minimum atomic E-state index is 0.0534. The maximum Gasteiger partial charge on any atom is 0.232 e. The molecule has 1 amide bonds. The number of nitrogens with zero attached hydrogens (tertiary/aromatic N) is 3. The van der Waals surface area contributed by atoms with E-state index in [4.69, 9.17) is 14.5 Å². The predicted molar refractivity (Wildman–Crippen MR) is 130 cm³/mol. The van der Waals surface area contributed by atoms with Gasteiger partial charge in [0.25, 0.3) is 0 Å². The first kappa shape index (κ1) is 22.7. The highest BCUT2D eigenvalue weighted by atomic mass is 32.1. The van der Waals surface area contributed by atoms with Crippen molar-refractivity contribution in [2.45, 2.75) is 26.2 Å². The van der Waals surface area contributed by atoms with Crippen LogP contribution in [0.2, 0.25) is 0 Å². The molecule has 0 N–H and O–H groups in total. The second kappa shape index (κ2) is 11.4. The SMILES string of the molecule is CCc1ccc2nc(N(CCCN3CCOCC3)C(=O)CCOc3ccccc3)sc2c1. The third kappa shape index (κ3) is 6.06. The fourth-order valence-electron chi connectivity index (χ4n) is 3.80. The van der Waals surface area contributed by atoms with Crippen LogP contribution in [-0.2, 0) is 16.0 Å². The maximum atomic E-state index is 13.2. The van der Waals surface area contributed by atoms with E-state index in [-0.39, 0.29) is 5.91 Å². The van der Waals surface area contributed by atoms with Crippen LogP contribution in [0.4, 0.5) is 5.13 Å². The number of carbonyl (C=O) groups is 1. The van der Waals surface area contributed by atoms with Crippen LogP contribution in [0.25, 0.3) is 10.2 Å². The van der Waals surface area contributed by atoms with E-state index in [1.165, 1.54) is 5.56 Å². The van der Waals surface area contributed by atoms with Gasteiger partial charge in [-0.05, 0) is 42.7 Å².